The molecule has 6 heteroatoms. The molecule has 0 heterocycles. The van der Waals surface area contributed by atoms with E-state index in [4.69, 9.17) is 23.2 Å². The van der Waals surface area contributed by atoms with Gasteiger partial charge < -0.3 is 5.32 Å². The van der Waals surface area contributed by atoms with Crippen LogP contribution in [0.25, 0.3) is 0 Å². The van der Waals surface area contributed by atoms with Gasteiger partial charge in [0, 0.05) is 23.1 Å². The number of alkyl halides is 3. The average molecular weight is 272 g/mol. The predicted molar refractivity (Wildman–Crippen MR) is 58.8 cm³/mol. The minimum absolute atomic E-state index is 0.117. The van der Waals surface area contributed by atoms with Crippen LogP contribution in [0.15, 0.2) is 18.2 Å². The van der Waals surface area contributed by atoms with Crippen molar-refractivity contribution >= 4 is 23.2 Å². The molecule has 0 bridgehead atoms. The number of hydrogen-bond acceptors (Lipinski definition) is 1. The van der Waals surface area contributed by atoms with Gasteiger partial charge >= 0.3 is 6.18 Å². The lowest BCUT2D eigenvalue weighted by atomic mass is 10.2. The fraction of sp³-hybridized carbons (Fsp3) is 0.400. The van der Waals surface area contributed by atoms with E-state index in [-0.39, 0.29) is 6.54 Å². The molecule has 0 amide bonds. The molecule has 0 saturated carbocycles. The van der Waals surface area contributed by atoms with Crippen LogP contribution in [0.4, 0.5) is 13.2 Å². The first-order valence-corrected chi connectivity index (χ1v) is 5.35. The van der Waals surface area contributed by atoms with Gasteiger partial charge in [0.2, 0.25) is 0 Å². The van der Waals surface area contributed by atoms with Gasteiger partial charge in [0.25, 0.3) is 0 Å². The third-order valence-electron chi connectivity index (χ3n) is 1.84. The third kappa shape index (κ3) is 5.58. The zero-order valence-electron chi connectivity index (χ0n) is 8.24. The number of halogens is 5. The van der Waals surface area contributed by atoms with Gasteiger partial charge in [-0.1, -0.05) is 23.2 Å². The Morgan fingerprint density at radius 3 is 2.12 bits per heavy atom. The minimum Gasteiger partial charge on any atom is -0.312 e. The molecule has 0 unspecified atom stereocenters. The second kappa shape index (κ2) is 5.75. The highest BCUT2D eigenvalue weighted by atomic mass is 35.5. The summed E-state index contributed by atoms with van der Waals surface area (Å²) in [5, 5.41) is 3.62. The molecule has 1 aromatic rings. The Morgan fingerprint density at radius 2 is 1.62 bits per heavy atom. The van der Waals surface area contributed by atoms with Crippen molar-refractivity contribution in [2.45, 2.75) is 19.1 Å². The molecule has 0 aliphatic heterocycles. The van der Waals surface area contributed by atoms with Crippen LogP contribution >= 0.6 is 23.2 Å². The normalized spacial score (nSPS) is 11.8. The second-order valence-corrected chi connectivity index (χ2v) is 4.19. The lowest BCUT2D eigenvalue weighted by Crippen LogP contribution is -2.21. The lowest BCUT2D eigenvalue weighted by Gasteiger charge is -2.08. The van der Waals surface area contributed by atoms with Crippen LogP contribution in [-0.2, 0) is 6.54 Å². The summed E-state index contributed by atoms with van der Waals surface area (Å²) in [4.78, 5) is 0. The van der Waals surface area contributed by atoms with E-state index >= 15 is 0 Å². The molecule has 0 aromatic heterocycles. The Hall–Kier alpha value is -0.450. The maximum atomic E-state index is 11.8. The quantitative estimate of drug-likeness (QED) is 0.816. The van der Waals surface area contributed by atoms with Gasteiger partial charge in [-0.2, -0.15) is 13.2 Å². The van der Waals surface area contributed by atoms with Gasteiger partial charge in [-0.15, -0.1) is 0 Å². The molecule has 1 aromatic carbocycles. The molecule has 0 saturated heterocycles. The predicted octanol–water partition coefficient (Wildman–Crippen LogP) is 4.04. The van der Waals surface area contributed by atoms with Gasteiger partial charge in [-0.05, 0) is 23.8 Å². The lowest BCUT2D eigenvalue weighted by molar-refractivity contribution is -0.133. The van der Waals surface area contributed by atoms with Crippen molar-refractivity contribution in [1.82, 2.24) is 5.32 Å². The average Bonchev–Trinajstić information content (AvgIpc) is 2.09. The monoisotopic (exact) mass is 271 g/mol. The van der Waals surface area contributed by atoms with E-state index in [2.05, 4.69) is 5.32 Å². The maximum absolute atomic E-state index is 11.8. The van der Waals surface area contributed by atoms with E-state index in [0.717, 1.165) is 5.56 Å². The van der Waals surface area contributed by atoms with Crippen LogP contribution in [0, 0.1) is 0 Å². The Morgan fingerprint density at radius 1 is 1.06 bits per heavy atom. The number of nitrogens with one attached hydrogen (secondary N) is 1. The molecule has 0 spiro atoms. The van der Waals surface area contributed by atoms with Crippen LogP contribution < -0.4 is 5.32 Å². The molecule has 1 N–H and O–H groups in total. The van der Waals surface area contributed by atoms with Crippen molar-refractivity contribution in [2.75, 3.05) is 6.54 Å². The SMILES string of the molecule is FC(F)(F)CCNCc1cc(Cl)cc(Cl)c1. The summed E-state index contributed by atoms with van der Waals surface area (Å²) in [6, 6.07) is 4.89. The summed E-state index contributed by atoms with van der Waals surface area (Å²) >= 11 is 11.5. The van der Waals surface area contributed by atoms with Crippen molar-refractivity contribution in [3.8, 4) is 0 Å². The molecule has 1 nitrogen and oxygen atoms in total. The van der Waals surface area contributed by atoms with Crippen LogP contribution in [0.1, 0.15) is 12.0 Å². The van der Waals surface area contributed by atoms with E-state index in [0.29, 0.717) is 16.6 Å². The molecular weight excluding hydrogens is 262 g/mol. The highest BCUT2D eigenvalue weighted by Crippen LogP contribution is 2.20. The Bertz CT molecular complexity index is 332. The second-order valence-electron chi connectivity index (χ2n) is 3.32. The maximum Gasteiger partial charge on any atom is 0.390 e. The van der Waals surface area contributed by atoms with Gasteiger partial charge in [-0.3, -0.25) is 0 Å². The summed E-state index contributed by atoms with van der Waals surface area (Å²) in [6.07, 6.45) is -4.97. The van der Waals surface area contributed by atoms with Crippen molar-refractivity contribution in [3.05, 3.63) is 33.8 Å². The molecular formula is C10H10Cl2F3N. The highest BCUT2D eigenvalue weighted by molar-refractivity contribution is 6.34. The first-order valence-electron chi connectivity index (χ1n) is 4.59. The summed E-state index contributed by atoms with van der Waals surface area (Å²) in [7, 11) is 0. The van der Waals surface area contributed by atoms with Crippen LogP contribution in [0.3, 0.4) is 0 Å². The zero-order chi connectivity index (χ0) is 12.2. The number of rotatable bonds is 4. The first kappa shape index (κ1) is 13.6. The molecule has 0 aliphatic rings. The van der Waals surface area contributed by atoms with Crippen LogP contribution in [0.5, 0.6) is 0 Å². The van der Waals surface area contributed by atoms with Crippen molar-refractivity contribution in [3.63, 3.8) is 0 Å². The van der Waals surface area contributed by atoms with Crippen LogP contribution in [0.2, 0.25) is 10.0 Å². The molecule has 0 aliphatic carbocycles. The molecule has 16 heavy (non-hydrogen) atoms. The minimum atomic E-state index is -4.13. The molecule has 1 rings (SSSR count). The molecule has 0 fully saturated rings. The number of benzene rings is 1. The van der Waals surface area contributed by atoms with E-state index in [1.54, 1.807) is 18.2 Å². The molecule has 90 valence electrons. The fourth-order valence-electron chi connectivity index (χ4n) is 1.18. The van der Waals surface area contributed by atoms with Gasteiger partial charge in [0.05, 0.1) is 6.42 Å². The number of hydrogen-bond donors (Lipinski definition) is 1. The first-order chi connectivity index (χ1) is 7.37. The topological polar surface area (TPSA) is 12.0 Å². The van der Waals surface area contributed by atoms with E-state index in [1.165, 1.54) is 0 Å². The summed E-state index contributed by atoms with van der Waals surface area (Å²) in [5.41, 5.74) is 0.764. The van der Waals surface area contributed by atoms with Gasteiger partial charge in [0.1, 0.15) is 0 Å². The van der Waals surface area contributed by atoms with E-state index < -0.39 is 12.6 Å². The Balaban J connectivity index is 2.37. The van der Waals surface area contributed by atoms with Crippen molar-refractivity contribution < 1.29 is 13.2 Å². The van der Waals surface area contributed by atoms with E-state index in [9.17, 15) is 13.2 Å². The smallest absolute Gasteiger partial charge is 0.312 e. The van der Waals surface area contributed by atoms with Crippen molar-refractivity contribution in [2.24, 2.45) is 0 Å². The summed E-state index contributed by atoms with van der Waals surface area (Å²) < 4.78 is 35.5. The molecule has 0 radical (unpaired) electrons. The summed E-state index contributed by atoms with van der Waals surface area (Å²) in [6.45, 7) is 0.198. The Labute approximate surface area is 102 Å². The highest BCUT2D eigenvalue weighted by Gasteiger charge is 2.25. The van der Waals surface area contributed by atoms with Gasteiger partial charge in [-0.25, -0.2) is 0 Å². The Kier molecular flexibility index (Phi) is 4.89. The van der Waals surface area contributed by atoms with Gasteiger partial charge in [0.15, 0.2) is 0 Å². The third-order valence-corrected chi connectivity index (χ3v) is 2.27. The standard InChI is InChI=1S/C10H10Cl2F3N/c11-8-3-7(4-9(12)5-8)6-16-2-1-10(13,14)15/h3-5,16H,1-2,6H2. The van der Waals surface area contributed by atoms with Crippen LogP contribution in [-0.4, -0.2) is 12.7 Å². The molecule has 0 atom stereocenters. The van der Waals surface area contributed by atoms with E-state index in [1.807, 2.05) is 0 Å². The van der Waals surface area contributed by atoms with Crippen molar-refractivity contribution in [1.29, 1.82) is 0 Å². The summed E-state index contributed by atoms with van der Waals surface area (Å²) in [5.74, 6) is 0. The fourth-order valence-corrected chi connectivity index (χ4v) is 1.75. The largest absolute Gasteiger partial charge is 0.390 e. The zero-order valence-corrected chi connectivity index (χ0v) is 9.76.